The first-order valence-corrected chi connectivity index (χ1v) is 7.11. The number of nitrogen functional groups attached to an aromatic ring is 1. The summed E-state index contributed by atoms with van der Waals surface area (Å²) in [6.07, 6.45) is 0.980. The Kier molecular flexibility index (Phi) is 4.32. The van der Waals surface area contributed by atoms with E-state index in [-0.39, 0.29) is 0 Å². The number of anilines is 2. The van der Waals surface area contributed by atoms with E-state index < -0.39 is 0 Å². The summed E-state index contributed by atoms with van der Waals surface area (Å²) < 4.78 is 1.84. The maximum absolute atomic E-state index is 6.17. The lowest BCUT2D eigenvalue weighted by Gasteiger charge is -2.09. The van der Waals surface area contributed by atoms with Crippen LogP contribution in [0.15, 0.2) is 24.3 Å². The van der Waals surface area contributed by atoms with E-state index in [0.717, 1.165) is 30.2 Å². The smallest absolute Gasteiger partial charge is 0.147 e. The van der Waals surface area contributed by atoms with Crippen LogP contribution in [0.4, 0.5) is 11.5 Å². The van der Waals surface area contributed by atoms with Crippen LogP contribution in [0, 0.1) is 6.92 Å². The summed E-state index contributed by atoms with van der Waals surface area (Å²) in [7, 11) is 1.93. The number of nitrogens with one attached hydrogen (secondary N) is 1. The molecule has 0 unspecified atom stereocenters. The Balaban J connectivity index is 2.03. The molecule has 4 heteroatoms. The molecule has 0 saturated carbocycles. The molecule has 2 aromatic rings. The summed E-state index contributed by atoms with van der Waals surface area (Å²) >= 11 is 0. The Morgan fingerprint density at radius 3 is 2.60 bits per heavy atom. The topological polar surface area (TPSA) is 55.9 Å². The van der Waals surface area contributed by atoms with Crippen molar-refractivity contribution < 1.29 is 0 Å². The fourth-order valence-electron chi connectivity index (χ4n) is 2.40. The number of hydrogen-bond acceptors (Lipinski definition) is 3. The normalized spacial score (nSPS) is 11.1. The van der Waals surface area contributed by atoms with E-state index in [0.29, 0.717) is 5.92 Å². The van der Waals surface area contributed by atoms with E-state index in [1.54, 1.807) is 0 Å². The van der Waals surface area contributed by atoms with Crippen molar-refractivity contribution in [3.8, 4) is 0 Å². The summed E-state index contributed by atoms with van der Waals surface area (Å²) in [6, 6.07) is 8.46. The number of nitrogens with two attached hydrogens (primary N) is 1. The fourth-order valence-corrected chi connectivity index (χ4v) is 2.40. The molecule has 4 nitrogen and oxygen atoms in total. The Labute approximate surface area is 121 Å². The highest BCUT2D eigenvalue weighted by Gasteiger charge is 2.15. The molecule has 0 aliphatic rings. The fraction of sp³-hybridized carbons (Fsp3) is 0.438. The minimum absolute atomic E-state index is 0.341. The molecule has 20 heavy (non-hydrogen) atoms. The highest BCUT2D eigenvalue weighted by atomic mass is 15.3. The number of aromatic nitrogens is 2. The molecule has 0 amide bonds. The average molecular weight is 272 g/mol. The van der Waals surface area contributed by atoms with Crippen LogP contribution in [0.2, 0.25) is 0 Å². The first-order valence-electron chi connectivity index (χ1n) is 7.11. The van der Waals surface area contributed by atoms with Gasteiger partial charge in [0.15, 0.2) is 0 Å². The summed E-state index contributed by atoms with van der Waals surface area (Å²) in [5, 5.41) is 7.89. The van der Waals surface area contributed by atoms with Crippen molar-refractivity contribution in [2.75, 3.05) is 17.6 Å². The van der Waals surface area contributed by atoms with Crippen molar-refractivity contribution in [3.05, 3.63) is 41.1 Å². The summed E-state index contributed by atoms with van der Waals surface area (Å²) in [5.41, 5.74) is 10.6. The molecular weight excluding hydrogens is 248 g/mol. The van der Waals surface area contributed by atoms with E-state index in [1.807, 2.05) is 11.7 Å². The van der Waals surface area contributed by atoms with E-state index >= 15 is 0 Å². The van der Waals surface area contributed by atoms with E-state index in [4.69, 9.17) is 5.73 Å². The van der Waals surface area contributed by atoms with Crippen LogP contribution in [0.1, 0.15) is 36.6 Å². The molecular formula is C16H24N4. The minimum Gasteiger partial charge on any atom is -0.394 e. The lowest BCUT2D eigenvalue weighted by molar-refractivity contribution is 0.714. The molecule has 0 atom stereocenters. The summed E-state index contributed by atoms with van der Waals surface area (Å²) in [5.74, 6) is 1.26. The lowest BCUT2D eigenvalue weighted by Crippen LogP contribution is -2.10. The Morgan fingerprint density at radius 2 is 2.00 bits per heavy atom. The van der Waals surface area contributed by atoms with Gasteiger partial charge in [0, 0.05) is 13.6 Å². The molecule has 0 saturated heterocycles. The molecule has 1 heterocycles. The minimum atomic E-state index is 0.341. The van der Waals surface area contributed by atoms with Crippen molar-refractivity contribution in [1.29, 1.82) is 0 Å². The van der Waals surface area contributed by atoms with Crippen LogP contribution >= 0.6 is 0 Å². The molecule has 1 aromatic heterocycles. The Morgan fingerprint density at radius 1 is 1.30 bits per heavy atom. The quantitative estimate of drug-likeness (QED) is 0.879. The molecule has 0 aliphatic carbocycles. The van der Waals surface area contributed by atoms with E-state index in [2.05, 4.69) is 55.5 Å². The third kappa shape index (κ3) is 2.95. The second kappa shape index (κ2) is 5.99. The molecule has 0 fully saturated rings. The van der Waals surface area contributed by atoms with Crippen molar-refractivity contribution in [2.45, 2.75) is 33.1 Å². The van der Waals surface area contributed by atoms with Crippen LogP contribution < -0.4 is 11.1 Å². The number of nitrogens with zero attached hydrogens (tertiary/aromatic N) is 2. The van der Waals surface area contributed by atoms with Gasteiger partial charge in [0.2, 0.25) is 0 Å². The van der Waals surface area contributed by atoms with E-state index in [9.17, 15) is 0 Å². The van der Waals surface area contributed by atoms with Gasteiger partial charge < -0.3 is 11.1 Å². The van der Waals surface area contributed by atoms with E-state index in [1.165, 1.54) is 11.1 Å². The van der Waals surface area contributed by atoms with Gasteiger partial charge in [-0.1, -0.05) is 38.1 Å². The molecule has 0 spiro atoms. The zero-order valence-electron chi connectivity index (χ0n) is 12.8. The van der Waals surface area contributed by atoms with Crippen molar-refractivity contribution in [2.24, 2.45) is 7.05 Å². The third-order valence-electron chi connectivity index (χ3n) is 3.61. The molecule has 1 aromatic carbocycles. The van der Waals surface area contributed by atoms with Crippen LogP contribution in [-0.2, 0) is 13.5 Å². The maximum Gasteiger partial charge on any atom is 0.147 e. The highest BCUT2D eigenvalue weighted by molar-refractivity contribution is 5.65. The first kappa shape index (κ1) is 14.4. The molecule has 0 radical (unpaired) electrons. The number of benzene rings is 1. The zero-order chi connectivity index (χ0) is 14.7. The lowest BCUT2D eigenvalue weighted by atomic mass is 10.1. The third-order valence-corrected chi connectivity index (χ3v) is 3.61. The van der Waals surface area contributed by atoms with Gasteiger partial charge in [0.05, 0.1) is 11.4 Å². The summed E-state index contributed by atoms with van der Waals surface area (Å²) in [6.45, 7) is 7.21. The monoisotopic (exact) mass is 272 g/mol. The van der Waals surface area contributed by atoms with Gasteiger partial charge in [-0.05, 0) is 30.4 Å². The van der Waals surface area contributed by atoms with Gasteiger partial charge in [-0.2, -0.15) is 5.10 Å². The van der Waals surface area contributed by atoms with Crippen molar-refractivity contribution >= 4 is 11.5 Å². The predicted octanol–water partition coefficient (Wildman–Crippen LogP) is 3.09. The molecule has 108 valence electrons. The van der Waals surface area contributed by atoms with Crippen LogP contribution in [0.3, 0.4) is 0 Å². The van der Waals surface area contributed by atoms with Gasteiger partial charge in [-0.15, -0.1) is 0 Å². The first-order chi connectivity index (χ1) is 9.50. The maximum atomic E-state index is 6.17. The summed E-state index contributed by atoms with van der Waals surface area (Å²) in [4.78, 5) is 0. The zero-order valence-corrected chi connectivity index (χ0v) is 12.8. The van der Waals surface area contributed by atoms with Gasteiger partial charge in [0.25, 0.3) is 0 Å². The average Bonchev–Trinajstić information content (AvgIpc) is 2.68. The van der Waals surface area contributed by atoms with Gasteiger partial charge >= 0.3 is 0 Å². The second-order valence-corrected chi connectivity index (χ2v) is 5.53. The predicted molar refractivity (Wildman–Crippen MR) is 85.1 cm³/mol. The van der Waals surface area contributed by atoms with Gasteiger partial charge in [0.1, 0.15) is 5.82 Å². The largest absolute Gasteiger partial charge is 0.394 e. The molecule has 2 rings (SSSR count). The van der Waals surface area contributed by atoms with Crippen molar-refractivity contribution in [3.63, 3.8) is 0 Å². The van der Waals surface area contributed by atoms with Crippen LogP contribution in [-0.4, -0.2) is 16.3 Å². The Hall–Kier alpha value is -1.97. The number of rotatable bonds is 5. The molecule has 3 N–H and O–H groups in total. The standard InChI is InChI=1S/C16H24N4/c1-11(2)15-14(17)16(20(4)19-15)18-10-9-13-8-6-5-7-12(13)3/h5-8,11,18H,9-10,17H2,1-4H3. The van der Waals surface area contributed by atoms with Gasteiger partial charge in [-0.3, -0.25) is 4.68 Å². The van der Waals surface area contributed by atoms with Gasteiger partial charge in [-0.25, -0.2) is 0 Å². The Bertz CT molecular complexity index is 584. The molecule has 0 aliphatic heterocycles. The second-order valence-electron chi connectivity index (χ2n) is 5.53. The number of hydrogen-bond donors (Lipinski definition) is 2. The van der Waals surface area contributed by atoms with Crippen LogP contribution in [0.5, 0.6) is 0 Å². The number of aryl methyl sites for hydroxylation is 2. The van der Waals surface area contributed by atoms with Crippen molar-refractivity contribution in [1.82, 2.24) is 9.78 Å². The highest BCUT2D eigenvalue weighted by Crippen LogP contribution is 2.27. The van der Waals surface area contributed by atoms with Crippen LogP contribution in [0.25, 0.3) is 0 Å². The SMILES string of the molecule is Cc1ccccc1CCNc1c(N)c(C(C)C)nn1C. The molecule has 0 bridgehead atoms.